The maximum atomic E-state index is 6.36. The predicted octanol–water partition coefficient (Wildman–Crippen LogP) is 3.75. The summed E-state index contributed by atoms with van der Waals surface area (Å²) in [4.78, 5) is 2.49. The van der Waals surface area contributed by atoms with Crippen LogP contribution in [0.4, 0.5) is 0 Å². The molecule has 94 valence electrons. The van der Waals surface area contributed by atoms with Crippen molar-refractivity contribution >= 4 is 11.6 Å². The molecular formula is C15H22ClN. The van der Waals surface area contributed by atoms with Crippen LogP contribution in [0.15, 0.2) is 18.2 Å². The van der Waals surface area contributed by atoms with Crippen LogP contribution in [0.25, 0.3) is 0 Å². The lowest BCUT2D eigenvalue weighted by Gasteiger charge is -2.34. The summed E-state index contributed by atoms with van der Waals surface area (Å²) in [6.45, 7) is 9.86. The van der Waals surface area contributed by atoms with Gasteiger partial charge in [0.05, 0.1) is 0 Å². The Balaban J connectivity index is 2.03. The van der Waals surface area contributed by atoms with Gasteiger partial charge in [-0.15, -0.1) is 11.6 Å². The van der Waals surface area contributed by atoms with Gasteiger partial charge in [0, 0.05) is 18.5 Å². The standard InChI is InChI=1S/C15H22ClN/c1-11-4-5-12(2)14(8-11)9-17-7-6-13(3)15(16)10-17/h4-5,8,13,15H,6-7,9-10H2,1-3H3. The minimum atomic E-state index is 0.314. The second kappa shape index (κ2) is 5.41. The average molecular weight is 252 g/mol. The van der Waals surface area contributed by atoms with Crippen LogP contribution in [-0.2, 0) is 6.54 Å². The molecule has 1 aromatic rings. The number of hydrogen-bond donors (Lipinski definition) is 0. The molecule has 1 aromatic carbocycles. The van der Waals surface area contributed by atoms with Crippen molar-refractivity contribution in [2.24, 2.45) is 5.92 Å². The van der Waals surface area contributed by atoms with Crippen molar-refractivity contribution in [1.82, 2.24) is 4.90 Å². The summed E-state index contributed by atoms with van der Waals surface area (Å²) in [6, 6.07) is 6.70. The minimum absolute atomic E-state index is 0.314. The fraction of sp³-hybridized carbons (Fsp3) is 0.600. The van der Waals surface area contributed by atoms with E-state index in [0.717, 1.165) is 13.1 Å². The summed E-state index contributed by atoms with van der Waals surface area (Å²) in [5.41, 5.74) is 4.18. The van der Waals surface area contributed by atoms with Crippen LogP contribution in [0, 0.1) is 19.8 Å². The molecular weight excluding hydrogens is 230 g/mol. The van der Waals surface area contributed by atoms with Gasteiger partial charge >= 0.3 is 0 Å². The summed E-state index contributed by atoms with van der Waals surface area (Å²) < 4.78 is 0. The fourth-order valence-corrected chi connectivity index (χ4v) is 2.76. The van der Waals surface area contributed by atoms with Crippen LogP contribution >= 0.6 is 11.6 Å². The van der Waals surface area contributed by atoms with Crippen molar-refractivity contribution < 1.29 is 0 Å². The van der Waals surface area contributed by atoms with E-state index in [2.05, 4.69) is 43.9 Å². The van der Waals surface area contributed by atoms with Crippen molar-refractivity contribution in [1.29, 1.82) is 0 Å². The zero-order valence-corrected chi connectivity index (χ0v) is 11.8. The molecule has 0 N–H and O–H groups in total. The second-order valence-electron chi connectivity index (χ2n) is 5.45. The van der Waals surface area contributed by atoms with Gasteiger partial charge in [0.25, 0.3) is 0 Å². The van der Waals surface area contributed by atoms with Gasteiger partial charge in [-0.3, -0.25) is 4.90 Å². The lowest BCUT2D eigenvalue weighted by Crippen LogP contribution is -2.39. The Morgan fingerprint density at radius 3 is 2.82 bits per heavy atom. The Hall–Kier alpha value is -0.530. The third kappa shape index (κ3) is 3.23. The number of aryl methyl sites for hydroxylation is 2. The quantitative estimate of drug-likeness (QED) is 0.724. The van der Waals surface area contributed by atoms with Crippen LogP contribution in [0.1, 0.15) is 30.0 Å². The third-order valence-electron chi connectivity index (χ3n) is 3.85. The van der Waals surface area contributed by atoms with E-state index in [4.69, 9.17) is 11.6 Å². The summed E-state index contributed by atoms with van der Waals surface area (Å²) in [7, 11) is 0. The molecule has 0 aromatic heterocycles. The normalized spacial score (nSPS) is 26.1. The number of piperidine rings is 1. The highest BCUT2D eigenvalue weighted by atomic mass is 35.5. The van der Waals surface area contributed by atoms with Crippen molar-refractivity contribution in [3.8, 4) is 0 Å². The highest BCUT2D eigenvalue weighted by molar-refractivity contribution is 6.21. The predicted molar refractivity (Wildman–Crippen MR) is 74.6 cm³/mol. The molecule has 1 aliphatic rings. The number of halogens is 1. The first kappa shape index (κ1) is 12.9. The van der Waals surface area contributed by atoms with Gasteiger partial charge in [0.2, 0.25) is 0 Å². The van der Waals surface area contributed by atoms with Gasteiger partial charge < -0.3 is 0 Å². The fourth-order valence-electron chi connectivity index (χ4n) is 2.44. The Kier molecular flexibility index (Phi) is 4.11. The zero-order chi connectivity index (χ0) is 12.4. The lowest BCUT2D eigenvalue weighted by molar-refractivity contribution is 0.189. The highest BCUT2D eigenvalue weighted by Crippen LogP contribution is 2.24. The Labute approximate surface area is 110 Å². The Bertz CT molecular complexity index is 389. The summed E-state index contributed by atoms with van der Waals surface area (Å²) in [5.74, 6) is 0.659. The molecule has 0 amide bonds. The Morgan fingerprint density at radius 1 is 1.35 bits per heavy atom. The van der Waals surface area contributed by atoms with Crippen molar-refractivity contribution in [3.05, 3.63) is 34.9 Å². The number of hydrogen-bond acceptors (Lipinski definition) is 1. The molecule has 2 unspecified atom stereocenters. The second-order valence-corrected chi connectivity index (χ2v) is 6.01. The maximum absolute atomic E-state index is 6.36. The van der Waals surface area contributed by atoms with Crippen LogP contribution in [0.3, 0.4) is 0 Å². The summed E-state index contributed by atoms with van der Waals surface area (Å²) >= 11 is 6.36. The first-order chi connectivity index (χ1) is 8.06. The number of likely N-dealkylation sites (tertiary alicyclic amines) is 1. The molecule has 1 heterocycles. The van der Waals surface area contributed by atoms with Gasteiger partial charge in [0.1, 0.15) is 0 Å². The molecule has 0 aliphatic carbocycles. The van der Waals surface area contributed by atoms with E-state index >= 15 is 0 Å². The van der Waals surface area contributed by atoms with E-state index < -0.39 is 0 Å². The van der Waals surface area contributed by atoms with Crippen molar-refractivity contribution in [3.63, 3.8) is 0 Å². The SMILES string of the molecule is Cc1ccc(C)c(CN2CCC(C)C(Cl)C2)c1. The van der Waals surface area contributed by atoms with E-state index in [1.807, 2.05) is 0 Å². The number of alkyl halides is 1. The van der Waals surface area contributed by atoms with Crippen LogP contribution in [0.5, 0.6) is 0 Å². The minimum Gasteiger partial charge on any atom is -0.298 e. The van der Waals surface area contributed by atoms with Gasteiger partial charge in [-0.05, 0) is 43.9 Å². The zero-order valence-electron chi connectivity index (χ0n) is 11.0. The number of benzene rings is 1. The van der Waals surface area contributed by atoms with Crippen LogP contribution in [-0.4, -0.2) is 23.4 Å². The van der Waals surface area contributed by atoms with E-state index in [1.54, 1.807) is 0 Å². The van der Waals surface area contributed by atoms with Gasteiger partial charge in [0.15, 0.2) is 0 Å². The van der Waals surface area contributed by atoms with Crippen LogP contribution < -0.4 is 0 Å². The molecule has 0 saturated carbocycles. The monoisotopic (exact) mass is 251 g/mol. The molecule has 1 aliphatic heterocycles. The van der Waals surface area contributed by atoms with Gasteiger partial charge in [-0.2, -0.15) is 0 Å². The molecule has 1 fully saturated rings. The molecule has 1 nitrogen and oxygen atoms in total. The van der Waals surface area contributed by atoms with E-state index in [9.17, 15) is 0 Å². The maximum Gasteiger partial charge on any atom is 0.0489 e. The first-order valence-corrected chi connectivity index (χ1v) is 6.92. The van der Waals surface area contributed by atoms with Crippen molar-refractivity contribution in [2.75, 3.05) is 13.1 Å². The molecule has 0 radical (unpaired) electrons. The lowest BCUT2D eigenvalue weighted by atomic mass is 9.97. The molecule has 17 heavy (non-hydrogen) atoms. The molecule has 2 rings (SSSR count). The number of nitrogens with zero attached hydrogens (tertiary/aromatic N) is 1. The van der Waals surface area contributed by atoms with Gasteiger partial charge in [-0.1, -0.05) is 30.7 Å². The first-order valence-electron chi connectivity index (χ1n) is 6.49. The topological polar surface area (TPSA) is 3.24 Å². The van der Waals surface area contributed by atoms with E-state index in [-0.39, 0.29) is 0 Å². The molecule has 2 atom stereocenters. The third-order valence-corrected chi connectivity index (χ3v) is 4.42. The van der Waals surface area contributed by atoms with Gasteiger partial charge in [-0.25, -0.2) is 0 Å². The molecule has 0 spiro atoms. The highest BCUT2D eigenvalue weighted by Gasteiger charge is 2.24. The van der Waals surface area contributed by atoms with E-state index in [0.29, 0.717) is 11.3 Å². The van der Waals surface area contributed by atoms with Crippen LogP contribution in [0.2, 0.25) is 0 Å². The average Bonchev–Trinajstić information content (AvgIpc) is 2.29. The van der Waals surface area contributed by atoms with Crippen molar-refractivity contribution in [2.45, 2.75) is 39.1 Å². The largest absolute Gasteiger partial charge is 0.298 e. The molecule has 2 heteroatoms. The summed E-state index contributed by atoms with van der Waals surface area (Å²) in [5, 5.41) is 0.314. The molecule has 0 bridgehead atoms. The summed E-state index contributed by atoms with van der Waals surface area (Å²) in [6.07, 6.45) is 1.22. The smallest absolute Gasteiger partial charge is 0.0489 e. The Morgan fingerprint density at radius 2 is 2.12 bits per heavy atom. The molecule has 1 saturated heterocycles. The van der Waals surface area contributed by atoms with E-state index in [1.165, 1.54) is 29.7 Å². The number of rotatable bonds is 2.